The zero-order chi connectivity index (χ0) is 98.6. The third-order valence-electron chi connectivity index (χ3n) is 21.4. The number of aromatic nitrogens is 9. The highest BCUT2D eigenvalue weighted by molar-refractivity contribution is 7.17. The lowest BCUT2D eigenvalue weighted by Crippen LogP contribution is -2.14. The van der Waals surface area contributed by atoms with Gasteiger partial charge in [-0.1, -0.05) is 161 Å². The Bertz CT molecular complexity index is 7610. The van der Waals surface area contributed by atoms with Crippen LogP contribution in [-0.2, 0) is 20.5 Å². The minimum absolute atomic E-state index is 0.00120. The number of ketones is 1. The Labute approximate surface area is 835 Å². The zero-order valence-corrected chi connectivity index (χ0v) is 81.2. The van der Waals surface area contributed by atoms with Crippen LogP contribution in [0.2, 0.25) is 20.1 Å². The largest absolute Gasteiger partial charge is 0.478 e. The number of thiazole rings is 1. The van der Waals surface area contributed by atoms with E-state index < -0.39 is 47.6 Å². The molecule has 1 aliphatic rings. The van der Waals surface area contributed by atoms with Crippen molar-refractivity contribution in [3.63, 3.8) is 0 Å². The smallest absolute Gasteiger partial charge is 0.339 e. The summed E-state index contributed by atoms with van der Waals surface area (Å²) in [6.07, 6.45) is 8.34. The van der Waals surface area contributed by atoms with Gasteiger partial charge >= 0.3 is 29.8 Å². The maximum Gasteiger partial charge on any atom is 0.339 e. The Morgan fingerprint density at radius 3 is 1.24 bits per heavy atom. The van der Waals surface area contributed by atoms with Gasteiger partial charge in [0.1, 0.15) is 48.0 Å². The molecular weight excluding hydrogens is 1970 g/mol. The molecule has 11 heterocycles. The van der Waals surface area contributed by atoms with Gasteiger partial charge in [0.2, 0.25) is 0 Å². The average molecular weight is 2050 g/mol. The number of furan rings is 1. The Morgan fingerprint density at radius 1 is 0.424 bits per heavy atom. The molecule has 0 saturated heterocycles. The highest BCUT2D eigenvalue weighted by Gasteiger charge is 2.32. The summed E-state index contributed by atoms with van der Waals surface area (Å²) in [5, 5.41) is 90.3. The fourth-order valence-electron chi connectivity index (χ4n) is 14.2. The maximum absolute atomic E-state index is 13.0. The van der Waals surface area contributed by atoms with Gasteiger partial charge in [-0.05, 0) is 158 Å². The van der Waals surface area contributed by atoms with Gasteiger partial charge in [-0.25, -0.2) is 38.3 Å². The second-order valence-corrected chi connectivity index (χ2v) is 37.8. The molecule has 700 valence electrons. The fourth-order valence-corrected chi connectivity index (χ4v) is 20.3. The number of nitrogens with one attached hydrogen (secondary N) is 4. The van der Waals surface area contributed by atoms with Crippen molar-refractivity contribution in [1.82, 2.24) is 44.1 Å². The molecule has 7 aromatic carbocycles. The number of benzene rings is 7. The first kappa shape index (κ1) is 98.4. The minimum atomic E-state index is -1.14. The van der Waals surface area contributed by atoms with Crippen LogP contribution < -0.4 is 21.3 Å². The van der Waals surface area contributed by atoms with E-state index in [0.29, 0.717) is 107 Å². The zero-order valence-electron chi connectivity index (χ0n) is 73.3. The third kappa shape index (κ3) is 23.4. The van der Waals surface area contributed by atoms with Crippen molar-refractivity contribution in [2.45, 2.75) is 46.0 Å². The number of carboxylic acids is 5. The molecule has 11 aromatic heterocycles. The quantitative estimate of drug-likeness (QED) is 0.0240. The summed E-state index contributed by atoms with van der Waals surface area (Å²) >= 11 is 30.9. The highest BCUT2D eigenvalue weighted by Crippen LogP contribution is 2.44. The highest BCUT2D eigenvalue weighted by atomic mass is 35.5. The number of carbonyl (C=O) groups is 10. The predicted octanol–water partition coefficient (Wildman–Crippen LogP) is 25.0. The maximum atomic E-state index is 13.0. The molecule has 4 amide bonds. The van der Waals surface area contributed by atoms with E-state index in [-0.39, 0.29) is 67.3 Å². The molecule has 1 fully saturated rings. The van der Waals surface area contributed by atoms with Gasteiger partial charge < -0.3 is 51.2 Å². The van der Waals surface area contributed by atoms with E-state index in [9.17, 15) is 73.5 Å². The number of amides is 4. The van der Waals surface area contributed by atoms with Gasteiger partial charge in [-0.3, -0.25) is 33.3 Å². The van der Waals surface area contributed by atoms with Gasteiger partial charge in [-0.15, -0.1) is 68.0 Å². The molecule has 0 atom stereocenters. The number of nitrogens with zero attached hydrogens (tertiary/aromatic N) is 9. The van der Waals surface area contributed by atoms with Gasteiger partial charge in [0, 0.05) is 124 Å². The number of para-hydroxylation sites is 2. The van der Waals surface area contributed by atoms with Crippen molar-refractivity contribution in [2.75, 3.05) is 21.3 Å². The molecule has 0 unspecified atom stereocenters. The number of carbonyl (C=O) groups excluding carboxylic acids is 5. The number of hydrogen-bond donors (Lipinski definition) is 9. The molecule has 0 spiro atoms. The summed E-state index contributed by atoms with van der Waals surface area (Å²) in [5.41, 5.74) is 14.0. The number of thiophene rings is 5. The van der Waals surface area contributed by atoms with Crippen molar-refractivity contribution in [3.8, 4) is 78.5 Å². The standard InChI is InChI=1S/C23H17ClN2O3S.C21H14ClN3O3S.C20H14ClN3O4S.C18H13ClN2O3S2.C18H17N3O3S/c1-14-18(12-25-26(14)17-5-3-2-4-6-17)20(27)11-21-22(23(28)29)19(13-30-21)15-7-9-16(24)10-8-15;22-15-8-6-13(7-9-15)17-12-29-20(18(17)21(27)28)24-19(26)14-10-23-25(11-14)16-4-2-1-3-5-16;1-24-15(16-3-2-8-28-16)9-14(23-24)18(25)22-19-17(20(26)27)13(10-29-19)11-4-6-12(21)7-5-11;19-11-5-3-9(4-6-11)12-7-25-16(14(12)18(23)24)21-15(22)17-20-13(8-26-17)10-1-2-10;1-10-4-6-12(7-5-10)13-9-25-17(15(13)18(23)24)19-16(22)14-8-11(2)21(3)20-14/h2-10,12-13H,11H2,1H3,(H,28,29);1-12H,(H,24,26)(H,27,28);2-10H,1H3,(H,22,25)(H,26,27);3-8,10H,1-2H2,(H,21,22)(H,23,24);4-9H,1-3H3,(H,19,22)(H,23,24). The molecule has 39 heteroatoms. The van der Waals surface area contributed by atoms with Crippen molar-refractivity contribution >= 4 is 194 Å². The first-order valence-corrected chi connectivity index (χ1v) is 48.5. The summed E-state index contributed by atoms with van der Waals surface area (Å²) in [7, 11) is 3.44. The summed E-state index contributed by atoms with van der Waals surface area (Å²) < 4.78 is 11.8. The summed E-state index contributed by atoms with van der Waals surface area (Å²) in [5.74, 6) is -6.35. The normalized spacial score (nSPS) is 11.3. The van der Waals surface area contributed by atoms with Crippen LogP contribution in [0, 0.1) is 20.8 Å². The van der Waals surface area contributed by atoms with E-state index in [1.807, 2.05) is 111 Å². The topological polar surface area (TPSA) is 417 Å². The van der Waals surface area contributed by atoms with Crippen LogP contribution in [-0.4, -0.2) is 129 Å². The lowest BCUT2D eigenvalue weighted by molar-refractivity contribution is 0.0686. The molecule has 1 saturated carbocycles. The summed E-state index contributed by atoms with van der Waals surface area (Å²) in [6, 6.07) is 60.9. The number of halogens is 4. The molecule has 1 aliphatic carbocycles. The average Bonchev–Trinajstić information content (AvgIpc) is 1.66. The number of rotatable bonds is 25. The summed E-state index contributed by atoms with van der Waals surface area (Å²) in [6.45, 7) is 5.64. The van der Waals surface area contributed by atoms with E-state index in [2.05, 4.69) is 46.6 Å². The van der Waals surface area contributed by atoms with Crippen LogP contribution in [0.5, 0.6) is 0 Å². The Morgan fingerprint density at radius 2 is 0.827 bits per heavy atom. The van der Waals surface area contributed by atoms with Gasteiger partial charge in [0.25, 0.3) is 23.6 Å². The Hall–Kier alpha value is -15.2. The van der Waals surface area contributed by atoms with E-state index in [0.717, 1.165) is 86.2 Å². The number of carboxylic acid groups (broad SMARTS) is 5. The lowest BCUT2D eigenvalue weighted by Gasteiger charge is -2.06. The third-order valence-corrected chi connectivity index (χ3v) is 27.9. The second-order valence-electron chi connectivity index (χ2n) is 30.8. The number of aromatic carboxylic acids is 5. The second kappa shape index (κ2) is 43.9. The van der Waals surface area contributed by atoms with Gasteiger partial charge in [0.05, 0.1) is 58.1 Å². The minimum Gasteiger partial charge on any atom is -0.478 e. The molecule has 0 radical (unpaired) electrons. The van der Waals surface area contributed by atoms with Crippen LogP contribution in [0.25, 0.3) is 78.5 Å². The summed E-state index contributed by atoms with van der Waals surface area (Å²) in [4.78, 5) is 127. The van der Waals surface area contributed by atoms with E-state index >= 15 is 0 Å². The number of hydrogen-bond acceptors (Lipinski definition) is 22. The molecule has 0 aliphatic heterocycles. The molecule has 139 heavy (non-hydrogen) atoms. The van der Waals surface area contributed by atoms with Gasteiger partial charge in [0.15, 0.2) is 27.9 Å². The predicted molar refractivity (Wildman–Crippen MR) is 543 cm³/mol. The first-order valence-electron chi connectivity index (χ1n) is 41.7. The number of aryl methyl sites for hydroxylation is 4. The molecule has 0 bridgehead atoms. The van der Waals surface area contributed by atoms with E-state index in [1.165, 1.54) is 62.5 Å². The van der Waals surface area contributed by atoms with Crippen LogP contribution >= 0.6 is 114 Å². The lowest BCUT2D eigenvalue weighted by atomic mass is 10.00. The molecule has 29 nitrogen and oxygen atoms in total. The van der Waals surface area contributed by atoms with Crippen molar-refractivity contribution < 1.29 is 77.9 Å². The van der Waals surface area contributed by atoms with Crippen LogP contribution in [0.15, 0.2) is 268 Å². The van der Waals surface area contributed by atoms with Crippen LogP contribution in [0.4, 0.5) is 20.0 Å². The van der Waals surface area contributed by atoms with Crippen LogP contribution in [0.1, 0.15) is 150 Å². The Balaban J connectivity index is 0.000000132. The van der Waals surface area contributed by atoms with Crippen molar-refractivity contribution in [1.29, 1.82) is 0 Å². The van der Waals surface area contributed by atoms with E-state index in [4.69, 9.17) is 50.8 Å². The Kier molecular flexibility index (Phi) is 31.1. The molecule has 18 aromatic rings. The molecule has 9 N–H and O–H groups in total. The SMILES string of the molecule is Cc1c(C(=O)Cc2scc(-c3ccc(Cl)cc3)c2C(=O)O)cnn1-c1ccccc1.Cc1ccc(-c2csc(NC(=O)c3cc(C)n(C)n3)c2C(=O)O)cc1.Cn1nc(C(=O)Nc2scc(-c3ccc(Cl)cc3)c2C(=O)O)cc1-c1ccco1.O=C(Nc1scc(-c2ccc(Cl)cc2)c1C(=O)O)c1cnn(-c2ccccc2)c1.O=C(Nc1scc(-c2ccc(Cl)cc2)c1C(=O)O)c1nc(C2CC2)cs1. The van der Waals surface area contributed by atoms with Crippen LogP contribution in [0.3, 0.4) is 0 Å². The van der Waals surface area contributed by atoms with Gasteiger partial charge in [-0.2, -0.15) is 20.4 Å². The monoisotopic (exact) mass is 2050 g/mol. The van der Waals surface area contributed by atoms with E-state index in [1.54, 1.807) is 189 Å². The first-order chi connectivity index (χ1) is 66.8. The van der Waals surface area contributed by atoms with Crippen molar-refractivity contribution in [3.05, 3.63) is 366 Å². The fraction of sp³-hybridized carbons (Fsp3) is 0.0900. The molecular formula is C100H75Cl4N13O16S6. The van der Waals surface area contributed by atoms with Crippen molar-refractivity contribution in [2.24, 2.45) is 14.1 Å². The number of anilines is 4. The number of Topliss-reactive ketones (excluding diaryl/α,β-unsaturated/α-hetero) is 1. The molecule has 19 rings (SSSR count).